The summed E-state index contributed by atoms with van der Waals surface area (Å²) in [6.45, 7) is 0. The van der Waals surface area contributed by atoms with Gasteiger partial charge in [0.2, 0.25) is 0 Å². The fourth-order valence-corrected chi connectivity index (χ4v) is 1.70. The normalized spacial score (nSPS) is 11.0. The summed E-state index contributed by atoms with van der Waals surface area (Å²) in [5, 5.41) is 14.6. The van der Waals surface area contributed by atoms with E-state index in [9.17, 15) is 10.1 Å². The van der Waals surface area contributed by atoms with E-state index in [2.05, 4.69) is 30.5 Å². The quantitative estimate of drug-likeness (QED) is 0.427. The van der Waals surface area contributed by atoms with Gasteiger partial charge in [-0.25, -0.2) is 15.0 Å². The molecule has 0 saturated carbocycles. The number of nitro benzene ring substituents is 1. The minimum atomic E-state index is -0.449. The number of hydrazone groups is 1. The third kappa shape index (κ3) is 2.66. The predicted molar refractivity (Wildman–Crippen MR) is 76.0 cm³/mol. The lowest BCUT2D eigenvalue weighted by Gasteiger charge is -1.99. The van der Waals surface area contributed by atoms with E-state index in [-0.39, 0.29) is 5.69 Å². The second-order valence-corrected chi connectivity index (χ2v) is 4.04. The average molecular weight is 283 g/mol. The lowest BCUT2D eigenvalue weighted by atomic mass is 10.2. The van der Waals surface area contributed by atoms with Crippen LogP contribution in [0.15, 0.2) is 42.0 Å². The number of anilines is 1. The first-order chi connectivity index (χ1) is 10.2. The fourth-order valence-electron chi connectivity index (χ4n) is 1.70. The van der Waals surface area contributed by atoms with Gasteiger partial charge in [0.15, 0.2) is 11.5 Å². The highest BCUT2D eigenvalue weighted by Gasteiger charge is 2.04. The van der Waals surface area contributed by atoms with E-state index in [1.165, 1.54) is 31.0 Å². The predicted octanol–water partition coefficient (Wildman–Crippen LogP) is 1.71. The first kappa shape index (κ1) is 12.7. The van der Waals surface area contributed by atoms with Crippen LogP contribution < -0.4 is 5.43 Å². The van der Waals surface area contributed by atoms with Crippen LogP contribution >= 0.6 is 0 Å². The van der Waals surface area contributed by atoms with Gasteiger partial charge in [0.25, 0.3) is 5.69 Å². The molecule has 1 aromatic carbocycles. The summed E-state index contributed by atoms with van der Waals surface area (Å²) in [5.74, 6) is 0.496. The van der Waals surface area contributed by atoms with Crippen LogP contribution in [0.1, 0.15) is 5.56 Å². The van der Waals surface area contributed by atoms with Crippen LogP contribution in [0.2, 0.25) is 0 Å². The molecule has 0 aliphatic heterocycles. The standard InChI is InChI=1S/C12H9N7O2/c20-19(21)9-3-1-8(2-4-9)5-17-18-12-10-11(14-6-13-10)15-7-16-12/h1-7H,(H2,13,14,15,16,18). The maximum absolute atomic E-state index is 10.5. The molecular weight excluding hydrogens is 274 g/mol. The number of aromatic nitrogens is 4. The van der Waals surface area contributed by atoms with Gasteiger partial charge >= 0.3 is 0 Å². The molecule has 0 aliphatic carbocycles. The van der Waals surface area contributed by atoms with Crippen LogP contribution in [0, 0.1) is 10.1 Å². The maximum Gasteiger partial charge on any atom is 0.269 e. The van der Waals surface area contributed by atoms with Gasteiger partial charge in [-0.05, 0) is 17.7 Å². The molecule has 2 heterocycles. The highest BCUT2D eigenvalue weighted by molar-refractivity contribution is 5.84. The molecule has 2 aromatic heterocycles. The van der Waals surface area contributed by atoms with Gasteiger partial charge in [0.05, 0.1) is 17.5 Å². The number of nitrogens with zero attached hydrogens (tertiary/aromatic N) is 5. The second-order valence-electron chi connectivity index (χ2n) is 4.04. The summed E-state index contributed by atoms with van der Waals surface area (Å²) in [6.07, 6.45) is 4.44. The molecule has 0 bridgehead atoms. The molecular formula is C12H9N7O2. The van der Waals surface area contributed by atoms with Gasteiger partial charge in [-0.3, -0.25) is 15.5 Å². The Kier molecular flexibility index (Phi) is 3.21. The Hall–Kier alpha value is -3.36. The molecule has 3 aromatic rings. The van der Waals surface area contributed by atoms with Crippen LogP contribution in [0.3, 0.4) is 0 Å². The minimum absolute atomic E-state index is 0.0371. The van der Waals surface area contributed by atoms with Crippen molar-refractivity contribution in [2.45, 2.75) is 0 Å². The van der Waals surface area contributed by atoms with E-state index in [1.54, 1.807) is 12.1 Å². The zero-order valence-corrected chi connectivity index (χ0v) is 10.6. The summed E-state index contributed by atoms with van der Waals surface area (Å²) in [7, 11) is 0. The molecule has 9 nitrogen and oxygen atoms in total. The maximum atomic E-state index is 10.5. The van der Waals surface area contributed by atoms with Crippen molar-refractivity contribution >= 4 is 28.9 Å². The van der Waals surface area contributed by atoms with Crippen molar-refractivity contribution in [3.05, 3.63) is 52.6 Å². The monoisotopic (exact) mass is 283 g/mol. The molecule has 0 unspecified atom stereocenters. The van der Waals surface area contributed by atoms with Crippen molar-refractivity contribution in [2.24, 2.45) is 5.10 Å². The van der Waals surface area contributed by atoms with E-state index in [0.717, 1.165) is 5.56 Å². The van der Waals surface area contributed by atoms with Gasteiger partial charge < -0.3 is 4.98 Å². The Labute approximate surface area is 117 Å². The number of fused-ring (bicyclic) bond motifs is 1. The van der Waals surface area contributed by atoms with E-state index in [4.69, 9.17) is 0 Å². The molecule has 0 aliphatic rings. The molecule has 0 fully saturated rings. The van der Waals surface area contributed by atoms with Crippen molar-refractivity contribution < 1.29 is 4.92 Å². The number of rotatable bonds is 4. The molecule has 0 amide bonds. The number of nitro groups is 1. The molecule has 0 atom stereocenters. The van der Waals surface area contributed by atoms with Crippen LogP contribution in [-0.4, -0.2) is 31.1 Å². The van der Waals surface area contributed by atoms with Crippen molar-refractivity contribution in [3.63, 3.8) is 0 Å². The minimum Gasteiger partial charge on any atom is -0.340 e. The third-order valence-corrected chi connectivity index (χ3v) is 2.71. The van der Waals surface area contributed by atoms with Gasteiger partial charge in [0.1, 0.15) is 11.8 Å². The van der Waals surface area contributed by atoms with Crippen LogP contribution in [-0.2, 0) is 0 Å². The summed E-state index contributed by atoms with van der Waals surface area (Å²) in [6, 6.07) is 6.04. The molecule has 21 heavy (non-hydrogen) atoms. The number of aromatic amines is 1. The molecule has 0 saturated heterocycles. The first-order valence-corrected chi connectivity index (χ1v) is 5.91. The van der Waals surface area contributed by atoms with Crippen molar-refractivity contribution in [2.75, 3.05) is 5.43 Å². The molecule has 0 radical (unpaired) electrons. The lowest BCUT2D eigenvalue weighted by molar-refractivity contribution is -0.384. The molecule has 0 spiro atoms. The van der Waals surface area contributed by atoms with Gasteiger partial charge in [-0.1, -0.05) is 0 Å². The van der Waals surface area contributed by atoms with Crippen LogP contribution in [0.25, 0.3) is 11.2 Å². The third-order valence-electron chi connectivity index (χ3n) is 2.71. The Morgan fingerprint density at radius 1 is 1.24 bits per heavy atom. The van der Waals surface area contributed by atoms with E-state index in [0.29, 0.717) is 17.0 Å². The largest absolute Gasteiger partial charge is 0.340 e. The fraction of sp³-hybridized carbons (Fsp3) is 0. The number of H-pyrrole nitrogens is 1. The number of hydrogen-bond acceptors (Lipinski definition) is 7. The van der Waals surface area contributed by atoms with Crippen LogP contribution in [0.4, 0.5) is 11.5 Å². The highest BCUT2D eigenvalue weighted by atomic mass is 16.6. The SMILES string of the molecule is O=[N+]([O-])c1ccc(C=NNc2ncnc3nc[nH]c23)cc1. The van der Waals surface area contributed by atoms with Crippen molar-refractivity contribution in [1.82, 2.24) is 19.9 Å². The molecule has 3 rings (SSSR count). The first-order valence-electron chi connectivity index (χ1n) is 5.91. The number of non-ortho nitro benzene ring substituents is 1. The Morgan fingerprint density at radius 2 is 2.05 bits per heavy atom. The zero-order chi connectivity index (χ0) is 14.7. The van der Waals surface area contributed by atoms with Crippen molar-refractivity contribution in [3.8, 4) is 0 Å². The molecule has 2 N–H and O–H groups in total. The number of imidazole rings is 1. The number of hydrogen-bond donors (Lipinski definition) is 2. The smallest absolute Gasteiger partial charge is 0.269 e. The van der Waals surface area contributed by atoms with Gasteiger partial charge in [0, 0.05) is 12.1 Å². The molecule has 9 heteroatoms. The second kappa shape index (κ2) is 5.33. The average Bonchev–Trinajstić information content (AvgIpc) is 2.97. The Balaban J connectivity index is 1.75. The summed E-state index contributed by atoms with van der Waals surface area (Å²) >= 11 is 0. The van der Waals surface area contributed by atoms with E-state index >= 15 is 0 Å². The Morgan fingerprint density at radius 3 is 2.81 bits per heavy atom. The summed E-state index contributed by atoms with van der Waals surface area (Å²) in [5.41, 5.74) is 4.73. The van der Waals surface area contributed by atoms with E-state index in [1.807, 2.05) is 0 Å². The van der Waals surface area contributed by atoms with E-state index < -0.39 is 4.92 Å². The van der Waals surface area contributed by atoms with Gasteiger partial charge in [-0.2, -0.15) is 5.10 Å². The topological polar surface area (TPSA) is 122 Å². The van der Waals surface area contributed by atoms with Gasteiger partial charge in [-0.15, -0.1) is 0 Å². The number of nitrogens with one attached hydrogen (secondary N) is 2. The lowest BCUT2D eigenvalue weighted by Crippen LogP contribution is -1.96. The molecule has 104 valence electrons. The highest BCUT2D eigenvalue weighted by Crippen LogP contribution is 2.14. The zero-order valence-electron chi connectivity index (χ0n) is 10.6. The Bertz CT molecular complexity index is 810. The summed E-state index contributed by atoms with van der Waals surface area (Å²) < 4.78 is 0. The van der Waals surface area contributed by atoms with Crippen molar-refractivity contribution in [1.29, 1.82) is 0 Å². The summed E-state index contributed by atoms with van der Waals surface area (Å²) in [4.78, 5) is 25.1. The van der Waals surface area contributed by atoms with Crippen LogP contribution in [0.5, 0.6) is 0 Å². The number of benzene rings is 1.